The molecule has 1 rings (SSSR count). The van der Waals surface area contributed by atoms with E-state index in [9.17, 15) is 14.7 Å². The summed E-state index contributed by atoms with van der Waals surface area (Å²) >= 11 is 11.8. The lowest BCUT2D eigenvalue weighted by molar-refractivity contribution is -0.923. The average molecular weight is 502 g/mol. The fraction of sp³-hybridized carbons (Fsp3) is 0.833. The zero-order chi connectivity index (χ0) is 23.5. The highest BCUT2D eigenvalue weighted by Gasteiger charge is 2.33. The third-order valence-electron chi connectivity index (χ3n) is 5.80. The quantitative estimate of drug-likeness (QED) is 0.0868. The highest BCUT2D eigenvalue weighted by Crippen LogP contribution is 2.47. The summed E-state index contributed by atoms with van der Waals surface area (Å²) in [5, 5.41) is 14.1. The van der Waals surface area contributed by atoms with Crippen LogP contribution in [0.3, 0.4) is 0 Å². The monoisotopic (exact) mass is 501 g/mol. The molecule has 1 N–H and O–H groups in total. The van der Waals surface area contributed by atoms with Crippen molar-refractivity contribution in [3.8, 4) is 0 Å². The minimum Gasteiger partial charge on any atom is -0.390 e. The smallest absolute Gasteiger partial charge is 0.390 e. The Hall–Kier alpha value is -0.740. The molecule has 0 saturated carbocycles. The van der Waals surface area contributed by atoms with Gasteiger partial charge in [-0.3, -0.25) is 9.09 Å². The first-order valence-corrected chi connectivity index (χ1v) is 13.2. The van der Waals surface area contributed by atoms with Gasteiger partial charge in [0, 0.05) is 37.8 Å². The zero-order valence-corrected chi connectivity index (χ0v) is 21.3. The molecular formula is C18H36Cl2N6O4P+. The van der Waals surface area contributed by atoms with Gasteiger partial charge in [0.1, 0.15) is 18.5 Å². The van der Waals surface area contributed by atoms with Crippen molar-refractivity contribution in [2.24, 2.45) is 7.05 Å². The van der Waals surface area contributed by atoms with Gasteiger partial charge in [-0.15, -0.1) is 23.2 Å². The Morgan fingerprint density at radius 3 is 2.29 bits per heavy atom. The molecule has 13 heteroatoms. The molecule has 0 amide bonds. The van der Waals surface area contributed by atoms with Crippen molar-refractivity contribution in [2.75, 3.05) is 57.6 Å². The molecule has 0 bridgehead atoms. The summed E-state index contributed by atoms with van der Waals surface area (Å²) in [7, 11) is -1.95. The normalized spacial score (nSPS) is 14.2. The second-order valence-corrected chi connectivity index (χ2v) is 10.2. The second kappa shape index (κ2) is 13.7. The first kappa shape index (κ1) is 28.3. The van der Waals surface area contributed by atoms with Crippen molar-refractivity contribution in [3.63, 3.8) is 0 Å². The van der Waals surface area contributed by atoms with E-state index in [4.69, 9.17) is 27.7 Å². The number of nitrogens with one attached hydrogen (secondary N) is 1. The van der Waals surface area contributed by atoms with Crippen molar-refractivity contribution in [1.29, 1.82) is 0 Å². The molecule has 1 aromatic rings. The van der Waals surface area contributed by atoms with Gasteiger partial charge in [-0.05, 0) is 25.7 Å². The average Bonchev–Trinajstić information content (AvgIpc) is 3.13. The highest BCUT2D eigenvalue weighted by atomic mass is 35.5. The summed E-state index contributed by atoms with van der Waals surface area (Å²) < 4.78 is 23.5. The molecule has 10 nitrogen and oxygen atoms in total. The lowest BCUT2D eigenvalue weighted by atomic mass is 10.3. The number of aromatic nitrogens is 2. The molecular weight excluding hydrogens is 466 g/mol. The molecule has 1 aromatic heterocycles. The maximum Gasteiger partial charge on any atom is 0.434 e. The van der Waals surface area contributed by atoms with Gasteiger partial charge in [0.25, 0.3) is 0 Å². The van der Waals surface area contributed by atoms with Crippen LogP contribution in [-0.2, 0) is 22.7 Å². The number of halogens is 2. The predicted molar refractivity (Wildman–Crippen MR) is 125 cm³/mol. The highest BCUT2D eigenvalue weighted by molar-refractivity contribution is 7.54. The molecule has 0 radical (unpaired) electrons. The summed E-state index contributed by atoms with van der Waals surface area (Å²) in [6, 6.07) is 0. The standard InChI is InChI=1S/C18H36Cl2N6O4P/c1-5-26(6-2,7-3)14-8-11-22-31(29,24(12-9-19)13-10-20)30-16-17-15-21-18(23(17)4)25(27)28/h15H,5-14,16H2,1-4H3,(H,22,29)/q+1. The number of nitro groups is 1. The number of alkyl halides is 2. The molecule has 0 saturated heterocycles. The topological polar surface area (TPSA) is 103 Å². The Kier molecular flexibility index (Phi) is 12.5. The predicted octanol–water partition coefficient (Wildman–Crippen LogP) is 3.59. The first-order chi connectivity index (χ1) is 14.7. The third-order valence-corrected chi connectivity index (χ3v) is 8.39. The minimum atomic E-state index is -3.47. The summed E-state index contributed by atoms with van der Waals surface area (Å²) in [4.78, 5) is 14.2. The molecule has 1 atom stereocenters. The van der Waals surface area contributed by atoms with Gasteiger partial charge >= 0.3 is 13.6 Å². The van der Waals surface area contributed by atoms with Crippen LogP contribution in [0, 0.1) is 10.1 Å². The number of hydrogen-bond donors (Lipinski definition) is 1. The zero-order valence-electron chi connectivity index (χ0n) is 18.9. The SMILES string of the molecule is CC[N+](CC)(CC)CCCNP(=O)(OCc1cnc([N+](=O)[O-])n1C)N(CCCl)CCCl. The molecule has 0 fully saturated rings. The number of quaternary nitrogens is 1. The van der Waals surface area contributed by atoms with Crippen LogP contribution in [-0.4, -0.2) is 81.2 Å². The van der Waals surface area contributed by atoms with Crippen LogP contribution in [0.15, 0.2) is 6.20 Å². The summed E-state index contributed by atoms with van der Waals surface area (Å²) in [5.41, 5.74) is 0.448. The van der Waals surface area contributed by atoms with Crippen molar-refractivity contribution in [1.82, 2.24) is 19.3 Å². The van der Waals surface area contributed by atoms with E-state index in [1.165, 1.54) is 17.8 Å². The summed E-state index contributed by atoms with van der Waals surface area (Å²) in [6.45, 7) is 11.7. The van der Waals surface area contributed by atoms with Gasteiger partial charge in [0.2, 0.25) is 0 Å². The molecule has 0 spiro atoms. The van der Waals surface area contributed by atoms with E-state index in [0.717, 1.165) is 37.1 Å². The van der Waals surface area contributed by atoms with Gasteiger partial charge in [-0.2, -0.15) is 0 Å². The van der Waals surface area contributed by atoms with E-state index in [2.05, 4.69) is 30.8 Å². The van der Waals surface area contributed by atoms with Crippen LogP contribution in [0.4, 0.5) is 5.95 Å². The number of hydrogen-bond acceptors (Lipinski definition) is 5. The van der Waals surface area contributed by atoms with Gasteiger partial charge in [-0.1, -0.05) is 4.98 Å². The molecule has 0 aliphatic rings. The van der Waals surface area contributed by atoms with Crippen LogP contribution in [0.2, 0.25) is 0 Å². The van der Waals surface area contributed by atoms with Gasteiger partial charge in [0.05, 0.1) is 33.2 Å². The fourth-order valence-electron chi connectivity index (χ4n) is 3.47. The number of imidazole rings is 1. The van der Waals surface area contributed by atoms with Crippen LogP contribution >= 0.6 is 30.9 Å². The Morgan fingerprint density at radius 2 is 1.84 bits per heavy atom. The van der Waals surface area contributed by atoms with Crippen LogP contribution in [0.5, 0.6) is 0 Å². The number of nitrogens with zero attached hydrogens (tertiary/aromatic N) is 5. The van der Waals surface area contributed by atoms with Crippen molar-refractivity contribution < 1.29 is 18.5 Å². The summed E-state index contributed by atoms with van der Waals surface area (Å²) in [6.07, 6.45) is 2.18. The van der Waals surface area contributed by atoms with Crippen molar-refractivity contribution >= 4 is 36.8 Å². The molecule has 31 heavy (non-hydrogen) atoms. The molecule has 1 heterocycles. The van der Waals surface area contributed by atoms with Crippen LogP contribution in [0.1, 0.15) is 32.9 Å². The van der Waals surface area contributed by atoms with E-state index in [1.54, 1.807) is 4.67 Å². The van der Waals surface area contributed by atoms with Crippen molar-refractivity contribution in [3.05, 3.63) is 22.0 Å². The van der Waals surface area contributed by atoms with Crippen LogP contribution < -0.4 is 5.09 Å². The fourth-order valence-corrected chi connectivity index (χ4v) is 6.04. The van der Waals surface area contributed by atoms with E-state index in [0.29, 0.717) is 25.3 Å². The van der Waals surface area contributed by atoms with E-state index in [-0.39, 0.29) is 24.3 Å². The van der Waals surface area contributed by atoms with Crippen molar-refractivity contribution in [2.45, 2.75) is 33.8 Å². The Balaban J connectivity index is 2.91. The second-order valence-electron chi connectivity index (χ2n) is 7.27. The first-order valence-electron chi connectivity index (χ1n) is 10.6. The summed E-state index contributed by atoms with van der Waals surface area (Å²) in [5.74, 6) is 0.238. The number of rotatable bonds is 17. The van der Waals surface area contributed by atoms with Crippen LogP contribution in [0.25, 0.3) is 0 Å². The molecule has 0 aromatic carbocycles. The Bertz CT molecular complexity index is 718. The molecule has 1 unspecified atom stereocenters. The third kappa shape index (κ3) is 7.96. The molecule has 0 aliphatic carbocycles. The van der Waals surface area contributed by atoms with Gasteiger partial charge in [-0.25, -0.2) is 14.3 Å². The van der Waals surface area contributed by atoms with E-state index < -0.39 is 12.6 Å². The lowest BCUT2D eigenvalue weighted by Gasteiger charge is -2.36. The van der Waals surface area contributed by atoms with Gasteiger partial charge in [0.15, 0.2) is 0 Å². The molecule has 0 aliphatic heterocycles. The van der Waals surface area contributed by atoms with Gasteiger partial charge < -0.3 is 14.6 Å². The largest absolute Gasteiger partial charge is 0.434 e. The Morgan fingerprint density at radius 1 is 1.26 bits per heavy atom. The van der Waals surface area contributed by atoms with E-state index in [1.807, 2.05) is 0 Å². The minimum absolute atomic E-state index is 0.0957. The maximum atomic E-state index is 13.8. The Labute approximate surface area is 195 Å². The maximum absolute atomic E-state index is 13.8. The molecule has 180 valence electrons. The van der Waals surface area contributed by atoms with E-state index >= 15 is 0 Å². The lowest BCUT2D eigenvalue weighted by Crippen LogP contribution is -2.48.